The number of ether oxygens (including phenoxy) is 1. The van der Waals surface area contributed by atoms with Gasteiger partial charge in [-0.1, -0.05) is 30.0 Å². The molecule has 3 heterocycles. The van der Waals surface area contributed by atoms with E-state index >= 15 is 0 Å². The van der Waals surface area contributed by atoms with Crippen LogP contribution in [0.2, 0.25) is 0 Å². The topological polar surface area (TPSA) is 126 Å². The number of anilines is 1. The molecule has 2 N–H and O–H groups in total. The first-order valence-corrected chi connectivity index (χ1v) is 11.9. The van der Waals surface area contributed by atoms with Crippen molar-refractivity contribution in [1.29, 1.82) is 0 Å². The Morgan fingerprint density at radius 1 is 1.09 bits per heavy atom. The van der Waals surface area contributed by atoms with E-state index in [9.17, 15) is 14.4 Å². The molecule has 0 spiro atoms. The summed E-state index contributed by atoms with van der Waals surface area (Å²) in [7, 11) is 1.59. The highest BCUT2D eigenvalue weighted by molar-refractivity contribution is 7.99. The fourth-order valence-corrected chi connectivity index (χ4v) is 4.93. The monoisotopic (exact) mass is 490 g/mol. The van der Waals surface area contributed by atoms with Crippen molar-refractivity contribution in [1.82, 2.24) is 24.7 Å². The van der Waals surface area contributed by atoms with Crippen LogP contribution >= 0.6 is 11.8 Å². The number of nitrogens with one attached hydrogen (secondary N) is 2. The number of benzene rings is 2. The molecule has 0 unspecified atom stereocenters. The second-order valence-corrected chi connectivity index (χ2v) is 8.88. The summed E-state index contributed by atoms with van der Waals surface area (Å²) in [5.41, 5.74) is 2.20. The number of aromatic amines is 2. The maximum Gasteiger partial charge on any atom is 0.325 e. The van der Waals surface area contributed by atoms with Crippen LogP contribution in [-0.4, -0.2) is 50.0 Å². The molecule has 11 heteroatoms. The molecule has 1 aliphatic heterocycles. The van der Waals surface area contributed by atoms with E-state index in [1.165, 1.54) is 23.4 Å². The van der Waals surface area contributed by atoms with Crippen LogP contribution in [0.15, 0.2) is 69.3 Å². The standard InChI is InChI=1S/C24H22N6O4S/c1-34-18-8-6-17(7-9-18)30-20(12-16-13-21(31)26-23(33)25-16)27-28-24(30)35-14-22(32)29-11-10-15-4-2-3-5-19(15)29/h2-9,13H,10-12,14H2,1H3,(H2,25,26,31,33). The molecule has 1 amide bonds. The first-order valence-electron chi connectivity index (χ1n) is 10.9. The van der Waals surface area contributed by atoms with Crippen molar-refractivity contribution in [3.05, 3.63) is 92.5 Å². The number of para-hydroxylation sites is 1. The number of rotatable bonds is 7. The summed E-state index contributed by atoms with van der Waals surface area (Å²) < 4.78 is 7.07. The van der Waals surface area contributed by atoms with Crippen LogP contribution in [0.1, 0.15) is 17.1 Å². The van der Waals surface area contributed by atoms with Gasteiger partial charge in [0.2, 0.25) is 5.91 Å². The van der Waals surface area contributed by atoms with Crippen molar-refractivity contribution in [2.75, 3.05) is 24.3 Å². The Morgan fingerprint density at radius 2 is 1.89 bits per heavy atom. The normalized spacial score (nSPS) is 12.5. The minimum atomic E-state index is -0.589. The van der Waals surface area contributed by atoms with Gasteiger partial charge in [-0.05, 0) is 42.3 Å². The Labute approximate surface area is 204 Å². The molecule has 178 valence electrons. The Hall–Kier alpha value is -4.12. The lowest BCUT2D eigenvalue weighted by molar-refractivity contribution is -0.116. The van der Waals surface area contributed by atoms with Crippen LogP contribution < -0.4 is 20.9 Å². The van der Waals surface area contributed by atoms with Gasteiger partial charge in [0.25, 0.3) is 5.56 Å². The van der Waals surface area contributed by atoms with Crippen molar-refractivity contribution in [2.24, 2.45) is 0 Å². The zero-order valence-electron chi connectivity index (χ0n) is 18.9. The molecule has 0 bridgehead atoms. The fourth-order valence-electron chi connectivity index (χ4n) is 4.09. The van der Waals surface area contributed by atoms with Gasteiger partial charge in [0.15, 0.2) is 5.16 Å². The third kappa shape index (κ3) is 4.76. The van der Waals surface area contributed by atoms with E-state index in [1.54, 1.807) is 12.0 Å². The highest BCUT2D eigenvalue weighted by atomic mass is 32.2. The number of hydrogen-bond donors (Lipinski definition) is 2. The molecule has 2 aromatic carbocycles. The van der Waals surface area contributed by atoms with Gasteiger partial charge in [0, 0.05) is 36.1 Å². The highest BCUT2D eigenvalue weighted by Gasteiger charge is 2.25. The Morgan fingerprint density at radius 3 is 2.66 bits per heavy atom. The highest BCUT2D eigenvalue weighted by Crippen LogP contribution is 2.30. The van der Waals surface area contributed by atoms with Gasteiger partial charge >= 0.3 is 5.69 Å². The Balaban J connectivity index is 1.43. The van der Waals surface area contributed by atoms with Gasteiger partial charge in [-0.15, -0.1) is 10.2 Å². The molecule has 1 aliphatic rings. The summed E-state index contributed by atoms with van der Waals surface area (Å²) in [5, 5.41) is 9.14. The third-order valence-electron chi connectivity index (χ3n) is 5.71. The van der Waals surface area contributed by atoms with Crippen LogP contribution in [0.5, 0.6) is 5.75 Å². The van der Waals surface area contributed by atoms with Gasteiger partial charge < -0.3 is 14.6 Å². The molecule has 0 saturated heterocycles. The number of H-pyrrole nitrogens is 2. The molecule has 35 heavy (non-hydrogen) atoms. The predicted molar refractivity (Wildman–Crippen MR) is 132 cm³/mol. The number of methoxy groups -OCH3 is 1. The molecular weight excluding hydrogens is 468 g/mol. The zero-order valence-corrected chi connectivity index (χ0v) is 19.7. The SMILES string of the molecule is COc1ccc(-n2c(Cc3cc(=O)[nH]c(=O)[nH]3)nnc2SCC(=O)N2CCc3ccccc32)cc1. The van der Waals surface area contributed by atoms with Crippen LogP contribution in [0, 0.1) is 0 Å². The molecule has 2 aromatic heterocycles. The summed E-state index contributed by atoms with van der Waals surface area (Å²) in [6.07, 6.45) is 1.01. The van der Waals surface area contributed by atoms with Crippen LogP contribution in [0.25, 0.3) is 5.69 Å². The van der Waals surface area contributed by atoms with Gasteiger partial charge in [-0.25, -0.2) is 4.79 Å². The van der Waals surface area contributed by atoms with Gasteiger partial charge in [-0.2, -0.15) is 0 Å². The minimum absolute atomic E-state index is 0.00953. The fraction of sp³-hybridized carbons (Fsp3) is 0.208. The second-order valence-electron chi connectivity index (χ2n) is 7.93. The Bertz CT molecular complexity index is 1460. The number of carbonyl (C=O) groups is 1. The van der Waals surface area contributed by atoms with E-state index in [0.717, 1.165) is 17.8 Å². The molecular formula is C24H22N6O4S. The first-order chi connectivity index (χ1) is 17.0. The van der Waals surface area contributed by atoms with Gasteiger partial charge in [0.1, 0.15) is 11.6 Å². The van der Waals surface area contributed by atoms with Crippen LogP contribution in [-0.2, 0) is 17.6 Å². The smallest absolute Gasteiger partial charge is 0.325 e. The maximum absolute atomic E-state index is 13.0. The summed E-state index contributed by atoms with van der Waals surface area (Å²) in [6.45, 7) is 0.658. The quantitative estimate of drug-likeness (QED) is 0.379. The van der Waals surface area contributed by atoms with Gasteiger partial charge in [0.05, 0.1) is 12.9 Å². The van der Waals surface area contributed by atoms with Crippen molar-refractivity contribution < 1.29 is 9.53 Å². The van der Waals surface area contributed by atoms with Crippen molar-refractivity contribution in [3.8, 4) is 11.4 Å². The molecule has 0 fully saturated rings. The number of aromatic nitrogens is 5. The number of hydrogen-bond acceptors (Lipinski definition) is 7. The van der Waals surface area contributed by atoms with Gasteiger partial charge in [-0.3, -0.25) is 19.1 Å². The molecule has 10 nitrogen and oxygen atoms in total. The number of carbonyl (C=O) groups excluding carboxylic acids is 1. The number of amides is 1. The average molecular weight is 491 g/mol. The number of fused-ring (bicyclic) bond motifs is 1. The van der Waals surface area contributed by atoms with Crippen LogP contribution in [0.3, 0.4) is 0 Å². The lowest BCUT2D eigenvalue weighted by Crippen LogP contribution is -2.30. The largest absolute Gasteiger partial charge is 0.497 e. The van der Waals surface area contributed by atoms with Crippen LogP contribution in [0.4, 0.5) is 5.69 Å². The summed E-state index contributed by atoms with van der Waals surface area (Å²) in [6, 6.07) is 16.6. The van der Waals surface area contributed by atoms with Crippen molar-refractivity contribution >= 4 is 23.4 Å². The van der Waals surface area contributed by atoms with Crippen molar-refractivity contribution in [3.63, 3.8) is 0 Å². The lowest BCUT2D eigenvalue weighted by Gasteiger charge is -2.17. The average Bonchev–Trinajstić information content (AvgIpc) is 3.46. The lowest BCUT2D eigenvalue weighted by atomic mass is 10.2. The minimum Gasteiger partial charge on any atom is -0.497 e. The summed E-state index contributed by atoms with van der Waals surface area (Å²) >= 11 is 1.29. The zero-order chi connectivity index (χ0) is 24.4. The third-order valence-corrected chi connectivity index (χ3v) is 6.62. The predicted octanol–water partition coefficient (Wildman–Crippen LogP) is 1.92. The van der Waals surface area contributed by atoms with Crippen molar-refractivity contribution in [2.45, 2.75) is 18.0 Å². The van der Waals surface area contributed by atoms with E-state index in [1.807, 2.05) is 53.1 Å². The second kappa shape index (κ2) is 9.63. The number of nitrogens with zero attached hydrogens (tertiary/aromatic N) is 4. The first kappa shape index (κ1) is 22.7. The summed E-state index contributed by atoms with van der Waals surface area (Å²) in [4.78, 5) is 43.1. The number of thioether (sulfide) groups is 1. The molecule has 5 rings (SSSR count). The maximum atomic E-state index is 13.0. The molecule has 0 radical (unpaired) electrons. The van der Waals surface area contributed by atoms with E-state index in [2.05, 4.69) is 20.2 Å². The van der Waals surface area contributed by atoms with E-state index in [4.69, 9.17) is 4.74 Å². The molecule has 4 aromatic rings. The van der Waals surface area contributed by atoms with E-state index in [0.29, 0.717) is 29.0 Å². The molecule has 0 atom stereocenters. The molecule has 0 saturated carbocycles. The summed E-state index contributed by atoms with van der Waals surface area (Å²) in [5.74, 6) is 1.38. The van der Waals surface area contributed by atoms with E-state index in [-0.39, 0.29) is 18.1 Å². The molecule has 0 aliphatic carbocycles. The van der Waals surface area contributed by atoms with E-state index < -0.39 is 11.2 Å². The Kier molecular flexibility index (Phi) is 6.23.